The zero-order chi connectivity index (χ0) is 15.5. The highest BCUT2D eigenvalue weighted by Crippen LogP contribution is 2.20. The summed E-state index contributed by atoms with van der Waals surface area (Å²) in [6, 6.07) is 9.51. The third-order valence-electron chi connectivity index (χ3n) is 3.92. The van der Waals surface area contributed by atoms with E-state index in [4.69, 9.17) is 9.52 Å². The lowest BCUT2D eigenvalue weighted by Crippen LogP contribution is -2.41. The molecule has 1 amide bonds. The highest BCUT2D eigenvalue weighted by atomic mass is 16.4. The summed E-state index contributed by atoms with van der Waals surface area (Å²) < 4.78 is 5.61. The summed E-state index contributed by atoms with van der Waals surface area (Å²) in [4.78, 5) is 24.8. The van der Waals surface area contributed by atoms with E-state index < -0.39 is 11.9 Å². The van der Waals surface area contributed by atoms with Gasteiger partial charge in [0, 0.05) is 24.6 Å². The average molecular weight is 299 g/mol. The summed E-state index contributed by atoms with van der Waals surface area (Å²) in [6.45, 7) is 0.881. The molecule has 1 unspecified atom stereocenters. The van der Waals surface area contributed by atoms with Crippen LogP contribution in [0, 0.1) is 5.92 Å². The number of benzene rings is 1. The maximum atomic E-state index is 12.2. The average Bonchev–Trinajstić information content (AvgIpc) is 2.95. The van der Waals surface area contributed by atoms with Crippen molar-refractivity contribution in [2.45, 2.75) is 12.8 Å². The molecule has 0 saturated carbocycles. The minimum Gasteiger partial charge on any atom is -0.481 e. The van der Waals surface area contributed by atoms with Gasteiger partial charge in [-0.05, 0) is 31.1 Å². The molecule has 3 rings (SSSR count). The summed E-state index contributed by atoms with van der Waals surface area (Å²) in [7, 11) is 0. The van der Waals surface area contributed by atoms with Gasteiger partial charge >= 0.3 is 5.97 Å². The van der Waals surface area contributed by atoms with E-state index in [-0.39, 0.29) is 12.5 Å². The molecular weight excluding hydrogens is 282 g/mol. The first-order valence-corrected chi connectivity index (χ1v) is 7.32. The summed E-state index contributed by atoms with van der Waals surface area (Å²) >= 11 is 0. The number of nitrogens with zero attached hydrogens (tertiary/aromatic N) is 1. The largest absolute Gasteiger partial charge is 0.481 e. The maximum Gasteiger partial charge on any atom is 0.308 e. The van der Waals surface area contributed by atoms with Crippen molar-refractivity contribution in [3.05, 3.63) is 42.2 Å². The van der Waals surface area contributed by atoms with Crippen molar-refractivity contribution < 1.29 is 19.1 Å². The van der Waals surface area contributed by atoms with Gasteiger partial charge < -0.3 is 14.4 Å². The molecule has 1 aliphatic heterocycles. The standard InChI is InChI=1S/C17H17NO4/c19-16(18-9-3-5-13(11-18)17(20)21)8-7-14-10-12-4-1-2-6-15(12)22-14/h1-2,4,6-8,10,13H,3,5,9,11H2,(H,20,21). The van der Waals surface area contributed by atoms with Gasteiger partial charge in [0.25, 0.3) is 0 Å². The van der Waals surface area contributed by atoms with Crippen LogP contribution in [-0.2, 0) is 9.59 Å². The molecule has 0 aliphatic carbocycles. The van der Waals surface area contributed by atoms with Crippen LogP contribution in [0.25, 0.3) is 17.0 Å². The number of amides is 1. The molecule has 1 fully saturated rings. The van der Waals surface area contributed by atoms with Gasteiger partial charge in [0.05, 0.1) is 5.92 Å². The van der Waals surface area contributed by atoms with Crippen LogP contribution in [0.5, 0.6) is 0 Å². The second kappa shape index (κ2) is 6.05. The molecule has 22 heavy (non-hydrogen) atoms. The molecule has 2 heterocycles. The first-order valence-electron chi connectivity index (χ1n) is 7.32. The fourth-order valence-corrected chi connectivity index (χ4v) is 2.72. The highest BCUT2D eigenvalue weighted by molar-refractivity contribution is 5.92. The van der Waals surface area contributed by atoms with Crippen LogP contribution in [0.4, 0.5) is 0 Å². The highest BCUT2D eigenvalue weighted by Gasteiger charge is 2.27. The van der Waals surface area contributed by atoms with E-state index in [2.05, 4.69) is 0 Å². The van der Waals surface area contributed by atoms with Crippen LogP contribution in [-0.4, -0.2) is 35.0 Å². The van der Waals surface area contributed by atoms with Gasteiger partial charge in [0.1, 0.15) is 11.3 Å². The molecule has 114 valence electrons. The Bertz CT molecular complexity index is 698. The molecule has 5 heteroatoms. The number of carbonyl (C=O) groups excluding carboxylic acids is 1. The Balaban J connectivity index is 1.69. The molecule has 0 bridgehead atoms. The number of piperidine rings is 1. The molecule has 0 radical (unpaired) electrons. The third-order valence-corrected chi connectivity index (χ3v) is 3.92. The van der Waals surface area contributed by atoms with E-state index >= 15 is 0 Å². The predicted octanol–water partition coefficient (Wildman–Crippen LogP) is 2.77. The zero-order valence-electron chi connectivity index (χ0n) is 12.1. The SMILES string of the molecule is O=C(O)C1CCCN(C(=O)C=Cc2cc3ccccc3o2)C1. The van der Waals surface area contributed by atoms with Crippen molar-refractivity contribution in [2.75, 3.05) is 13.1 Å². The molecule has 1 atom stereocenters. The fraction of sp³-hybridized carbons (Fsp3) is 0.294. The first kappa shape index (κ1) is 14.4. The van der Waals surface area contributed by atoms with Crippen LogP contribution < -0.4 is 0 Å². The number of aliphatic carboxylic acids is 1. The van der Waals surface area contributed by atoms with Crippen LogP contribution in [0.2, 0.25) is 0 Å². The van der Waals surface area contributed by atoms with E-state index in [1.165, 1.54) is 6.08 Å². The van der Waals surface area contributed by atoms with Crippen LogP contribution in [0.15, 0.2) is 40.8 Å². The smallest absolute Gasteiger partial charge is 0.308 e. The lowest BCUT2D eigenvalue weighted by molar-refractivity contribution is -0.144. The van der Waals surface area contributed by atoms with Gasteiger partial charge in [-0.25, -0.2) is 0 Å². The number of hydrogen-bond donors (Lipinski definition) is 1. The number of carbonyl (C=O) groups is 2. The van der Waals surface area contributed by atoms with Crippen molar-refractivity contribution in [3.8, 4) is 0 Å². The van der Waals surface area contributed by atoms with Crippen molar-refractivity contribution >= 4 is 28.9 Å². The molecule has 2 aromatic rings. The number of para-hydroxylation sites is 1. The predicted molar refractivity (Wildman–Crippen MR) is 82.2 cm³/mol. The van der Waals surface area contributed by atoms with Gasteiger partial charge in [-0.3, -0.25) is 9.59 Å². The van der Waals surface area contributed by atoms with Crippen LogP contribution in [0.1, 0.15) is 18.6 Å². The molecule has 1 aromatic carbocycles. The number of furan rings is 1. The maximum absolute atomic E-state index is 12.2. The molecule has 1 aliphatic rings. The van der Waals surface area contributed by atoms with Crippen molar-refractivity contribution in [2.24, 2.45) is 5.92 Å². The molecule has 5 nitrogen and oxygen atoms in total. The number of rotatable bonds is 3. The lowest BCUT2D eigenvalue weighted by atomic mass is 9.98. The Hall–Kier alpha value is -2.56. The molecule has 1 N–H and O–H groups in total. The minimum absolute atomic E-state index is 0.175. The topological polar surface area (TPSA) is 70.8 Å². The number of fused-ring (bicyclic) bond motifs is 1. The Morgan fingerprint density at radius 2 is 2.14 bits per heavy atom. The lowest BCUT2D eigenvalue weighted by Gasteiger charge is -2.29. The van der Waals surface area contributed by atoms with Gasteiger partial charge in [-0.2, -0.15) is 0 Å². The number of carboxylic acids is 1. The minimum atomic E-state index is -0.834. The second-order valence-corrected chi connectivity index (χ2v) is 5.48. The van der Waals surface area contributed by atoms with Gasteiger partial charge in [0.15, 0.2) is 0 Å². The summed E-state index contributed by atoms with van der Waals surface area (Å²) in [5.41, 5.74) is 0.776. The Kier molecular flexibility index (Phi) is 3.96. The summed E-state index contributed by atoms with van der Waals surface area (Å²) in [5, 5.41) is 10.0. The van der Waals surface area contributed by atoms with E-state index in [1.54, 1.807) is 11.0 Å². The van der Waals surface area contributed by atoms with E-state index in [0.29, 0.717) is 18.7 Å². The van der Waals surface area contributed by atoms with Crippen molar-refractivity contribution in [1.82, 2.24) is 4.90 Å². The van der Waals surface area contributed by atoms with Crippen molar-refractivity contribution in [1.29, 1.82) is 0 Å². The molecule has 0 spiro atoms. The third kappa shape index (κ3) is 3.03. The first-order chi connectivity index (χ1) is 10.6. The van der Waals surface area contributed by atoms with Gasteiger partial charge in [0.2, 0.25) is 5.91 Å². The van der Waals surface area contributed by atoms with Crippen LogP contribution >= 0.6 is 0 Å². The molecular formula is C17H17NO4. The fourth-order valence-electron chi connectivity index (χ4n) is 2.72. The van der Waals surface area contributed by atoms with Gasteiger partial charge in [-0.15, -0.1) is 0 Å². The number of carboxylic acid groups (broad SMARTS) is 1. The Morgan fingerprint density at radius 3 is 2.91 bits per heavy atom. The number of likely N-dealkylation sites (tertiary alicyclic amines) is 1. The second-order valence-electron chi connectivity index (χ2n) is 5.48. The zero-order valence-corrected chi connectivity index (χ0v) is 12.1. The van der Waals surface area contributed by atoms with Crippen molar-refractivity contribution in [3.63, 3.8) is 0 Å². The van der Waals surface area contributed by atoms with Crippen LogP contribution in [0.3, 0.4) is 0 Å². The normalized spacial score (nSPS) is 18.9. The molecule has 1 saturated heterocycles. The monoisotopic (exact) mass is 299 g/mol. The quantitative estimate of drug-likeness (QED) is 0.885. The number of hydrogen-bond acceptors (Lipinski definition) is 3. The van der Waals surface area contributed by atoms with E-state index in [0.717, 1.165) is 17.4 Å². The Morgan fingerprint density at radius 1 is 1.32 bits per heavy atom. The van der Waals surface area contributed by atoms with Gasteiger partial charge in [-0.1, -0.05) is 18.2 Å². The van der Waals surface area contributed by atoms with E-state index in [1.807, 2.05) is 30.3 Å². The summed E-state index contributed by atoms with van der Waals surface area (Å²) in [5.74, 6) is -0.858. The van der Waals surface area contributed by atoms with E-state index in [9.17, 15) is 9.59 Å². The molecule has 1 aromatic heterocycles. The summed E-state index contributed by atoms with van der Waals surface area (Å²) in [6.07, 6.45) is 4.43. The Labute approximate surface area is 127 Å².